The molecule has 4 rings (SSSR count). The lowest BCUT2D eigenvalue weighted by Crippen LogP contribution is -2.20. The van der Waals surface area contributed by atoms with Gasteiger partial charge in [0.15, 0.2) is 0 Å². The molecule has 0 saturated heterocycles. The summed E-state index contributed by atoms with van der Waals surface area (Å²) in [7, 11) is 0. The van der Waals surface area contributed by atoms with Crippen molar-refractivity contribution in [2.75, 3.05) is 0 Å². The zero-order chi connectivity index (χ0) is 13.6. The van der Waals surface area contributed by atoms with Crippen molar-refractivity contribution in [3.8, 4) is 0 Å². The van der Waals surface area contributed by atoms with Gasteiger partial charge in [0.05, 0.1) is 0 Å². The average Bonchev–Trinajstić information content (AvgIpc) is 3.15. The van der Waals surface area contributed by atoms with Crippen LogP contribution in [0.4, 0.5) is 0 Å². The van der Waals surface area contributed by atoms with Crippen molar-refractivity contribution in [1.29, 1.82) is 0 Å². The molecule has 0 radical (unpaired) electrons. The molecular formula is C20H28. The fraction of sp³-hybridized carbons (Fsp3) is 0.700. The lowest BCUT2D eigenvalue weighted by atomic mass is 9.75. The third-order valence-electron chi connectivity index (χ3n) is 6.61. The van der Waals surface area contributed by atoms with E-state index in [-0.39, 0.29) is 0 Å². The van der Waals surface area contributed by atoms with Gasteiger partial charge in [-0.05, 0) is 66.4 Å². The van der Waals surface area contributed by atoms with E-state index >= 15 is 0 Å². The molecular weight excluding hydrogens is 240 g/mol. The molecule has 1 aromatic rings. The lowest BCUT2D eigenvalue weighted by Gasteiger charge is -2.30. The first-order valence-corrected chi connectivity index (χ1v) is 8.86. The average molecular weight is 268 g/mol. The van der Waals surface area contributed by atoms with Gasteiger partial charge in [-0.25, -0.2) is 0 Å². The molecule has 0 aromatic heterocycles. The molecule has 3 aliphatic carbocycles. The number of benzene rings is 1. The summed E-state index contributed by atoms with van der Waals surface area (Å²) in [6.07, 6.45) is 13.2. The van der Waals surface area contributed by atoms with E-state index < -0.39 is 0 Å². The molecule has 0 amide bonds. The molecule has 20 heavy (non-hydrogen) atoms. The van der Waals surface area contributed by atoms with Crippen LogP contribution in [0.2, 0.25) is 0 Å². The molecule has 108 valence electrons. The van der Waals surface area contributed by atoms with Crippen molar-refractivity contribution < 1.29 is 0 Å². The van der Waals surface area contributed by atoms with Crippen LogP contribution in [0.25, 0.3) is 0 Å². The minimum Gasteiger partial charge on any atom is -0.0625 e. The molecule has 0 aliphatic heterocycles. The highest BCUT2D eigenvalue weighted by atomic mass is 14.6. The molecule has 2 fully saturated rings. The van der Waals surface area contributed by atoms with Gasteiger partial charge in [0.1, 0.15) is 0 Å². The standard InChI is InChI=1S/C20H28/c1-15-8-10-16(11-9-15)13-18-14-20(18)12-4-6-17-5-2-3-7-19(17)20/h2-3,5,7,15-16,18H,4,6,8-14H2,1H3. The third-order valence-corrected chi connectivity index (χ3v) is 6.61. The maximum atomic E-state index is 2.44. The highest BCUT2D eigenvalue weighted by Crippen LogP contribution is 2.63. The Balaban J connectivity index is 1.47. The third kappa shape index (κ3) is 2.12. The quantitative estimate of drug-likeness (QED) is 0.664. The van der Waals surface area contributed by atoms with E-state index in [4.69, 9.17) is 0 Å². The van der Waals surface area contributed by atoms with E-state index in [2.05, 4.69) is 31.2 Å². The van der Waals surface area contributed by atoms with Gasteiger partial charge in [-0.2, -0.15) is 0 Å². The van der Waals surface area contributed by atoms with Crippen LogP contribution in [0.5, 0.6) is 0 Å². The smallest absolute Gasteiger partial charge is 0.00125 e. The van der Waals surface area contributed by atoms with Crippen molar-refractivity contribution in [3.63, 3.8) is 0 Å². The number of hydrogen-bond acceptors (Lipinski definition) is 0. The summed E-state index contributed by atoms with van der Waals surface area (Å²) in [5.41, 5.74) is 4.02. The summed E-state index contributed by atoms with van der Waals surface area (Å²) in [5, 5.41) is 0. The van der Waals surface area contributed by atoms with Crippen LogP contribution in [0.15, 0.2) is 24.3 Å². The Morgan fingerprint density at radius 1 is 1.10 bits per heavy atom. The van der Waals surface area contributed by atoms with Crippen molar-refractivity contribution in [2.45, 2.75) is 70.1 Å². The van der Waals surface area contributed by atoms with E-state index in [9.17, 15) is 0 Å². The molecule has 2 unspecified atom stereocenters. The predicted octanol–water partition coefficient (Wildman–Crippen LogP) is 5.50. The van der Waals surface area contributed by atoms with Crippen molar-refractivity contribution >= 4 is 0 Å². The van der Waals surface area contributed by atoms with E-state index in [1.54, 1.807) is 11.1 Å². The highest BCUT2D eigenvalue weighted by Gasteiger charge is 2.56. The van der Waals surface area contributed by atoms with Crippen molar-refractivity contribution in [1.82, 2.24) is 0 Å². The molecule has 2 saturated carbocycles. The Morgan fingerprint density at radius 3 is 2.75 bits per heavy atom. The fourth-order valence-corrected chi connectivity index (χ4v) is 5.25. The monoisotopic (exact) mass is 268 g/mol. The molecule has 0 bridgehead atoms. The number of fused-ring (bicyclic) bond motifs is 2. The van der Waals surface area contributed by atoms with Gasteiger partial charge < -0.3 is 0 Å². The van der Waals surface area contributed by atoms with Crippen molar-refractivity contribution in [3.05, 3.63) is 35.4 Å². The molecule has 1 aromatic carbocycles. The van der Waals surface area contributed by atoms with E-state index in [0.29, 0.717) is 5.41 Å². The maximum Gasteiger partial charge on any atom is -0.00125 e. The Kier molecular flexibility index (Phi) is 3.16. The molecule has 1 spiro atoms. The molecule has 0 heteroatoms. The summed E-state index contributed by atoms with van der Waals surface area (Å²) < 4.78 is 0. The second-order valence-electron chi connectivity index (χ2n) is 7.93. The summed E-state index contributed by atoms with van der Waals surface area (Å²) in [5.74, 6) is 3.06. The van der Waals surface area contributed by atoms with Gasteiger partial charge in [0.2, 0.25) is 0 Å². The summed E-state index contributed by atoms with van der Waals surface area (Å²) in [6, 6.07) is 9.33. The van der Waals surface area contributed by atoms with Crippen LogP contribution in [0.1, 0.15) is 69.4 Å². The van der Waals surface area contributed by atoms with Gasteiger partial charge in [-0.3, -0.25) is 0 Å². The number of aryl methyl sites for hydroxylation is 1. The van der Waals surface area contributed by atoms with Gasteiger partial charge in [-0.15, -0.1) is 0 Å². The largest absolute Gasteiger partial charge is 0.0625 e. The normalized spacial score (nSPS) is 39.5. The van der Waals surface area contributed by atoms with Crippen LogP contribution < -0.4 is 0 Å². The molecule has 0 N–H and O–H groups in total. The lowest BCUT2D eigenvalue weighted by molar-refractivity contribution is 0.261. The zero-order valence-electron chi connectivity index (χ0n) is 12.9. The first-order valence-electron chi connectivity index (χ1n) is 8.86. The highest BCUT2D eigenvalue weighted by molar-refractivity contribution is 5.42. The van der Waals surface area contributed by atoms with Gasteiger partial charge in [-0.1, -0.05) is 56.9 Å². The van der Waals surface area contributed by atoms with Crippen LogP contribution in [-0.2, 0) is 11.8 Å². The summed E-state index contributed by atoms with van der Waals surface area (Å²) >= 11 is 0. The van der Waals surface area contributed by atoms with Gasteiger partial charge >= 0.3 is 0 Å². The Labute approximate surface area is 124 Å². The minimum atomic E-state index is 0.623. The van der Waals surface area contributed by atoms with Gasteiger partial charge in [0, 0.05) is 0 Å². The van der Waals surface area contributed by atoms with Crippen LogP contribution in [0, 0.1) is 17.8 Å². The molecule has 2 atom stereocenters. The molecule has 0 heterocycles. The predicted molar refractivity (Wildman–Crippen MR) is 84.9 cm³/mol. The fourth-order valence-electron chi connectivity index (χ4n) is 5.25. The van der Waals surface area contributed by atoms with Crippen molar-refractivity contribution in [2.24, 2.45) is 17.8 Å². The first kappa shape index (κ1) is 12.9. The summed E-state index contributed by atoms with van der Waals surface area (Å²) in [6.45, 7) is 2.44. The van der Waals surface area contributed by atoms with Crippen LogP contribution in [0.3, 0.4) is 0 Å². The van der Waals surface area contributed by atoms with Gasteiger partial charge in [0.25, 0.3) is 0 Å². The maximum absolute atomic E-state index is 2.44. The topological polar surface area (TPSA) is 0 Å². The first-order chi connectivity index (χ1) is 9.78. The Bertz CT molecular complexity index is 481. The molecule has 0 nitrogen and oxygen atoms in total. The van der Waals surface area contributed by atoms with E-state index in [0.717, 1.165) is 17.8 Å². The van der Waals surface area contributed by atoms with Crippen LogP contribution >= 0.6 is 0 Å². The number of rotatable bonds is 2. The molecule has 3 aliphatic rings. The Morgan fingerprint density at radius 2 is 1.90 bits per heavy atom. The Hall–Kier alpha value is -0.780. The van der Waals surface area contributed by atoms with Crippen LogP contribution in [-0.4, -0.2) is 0 Å². The zero-order valence-corrected chi connectivity index (χ0v) is 12.9. The second kappa shape index (κ2) is 4.90. The number of hydrogen-bond donors (Lipinski definition) is 0. The van der Waals surface area contributed by atoms with E-state index in [1.807, 2.05) is 0 Å². The minimum absolute atomic E-state index is 0.623. The van der Waals surface area contributed by atoms with E-state index in [1.165, 1.54) is 57.8 Å². The second-order valence-corrected chi connectivity index (χ2v) is 7.93. The summed E-state index contributed by atoms with van der Waals surface area (Å²) in [4.78, 5) is 0. The SMILES string of the molecule is CC1CCC(CC2CC23CCCc2ccccc23)CC1.